The lowest BCUT2D eigenvalue weighted by Crippen LogP contribution is -2.58. The van der Waals surface area contributed by atoms with Crippen LogP contribution in [0.2, 0.25) is 0 Å². The molecule has 2 aliphatic rings. The number of hydrogen-bond donors (Lipinski definition) is 1. The molecule has 2 aliphatic heterocycles. The van der Waals surface area contributed by atoms with Gasteiger partial charge in [0.15, 0.2) is 0 Å². The number of para-hydroxylation sites is 1. The molecule has 0 spiro atoms. The molecule has 1 fully saturated rings. The van der Waals surface area contributed by atoms with E-state index in [9.17, 15) is 14.0 Å². The van der Waals surface area contributed by atoms with Crippen molar-refractivity contribution in [1.29, 1.82) is 0 Å². The van der Waals surface area contributed by atoms with Crippen molar-refractivity contribution in [1.82, 2.24) is 10.3 Å². The first-order chi connectivity index (χ1) is 13.5. The normalized spacial score (nSPS) is 22.1. The smallest absolute Gasteiger partial charge is 0.291 e. The van der Waals surface area contributed by atoms with Gasteiger partial charge in [-0.3, -0.25) is 15.0 Å². The van der Waals surface area contributed by atoms with E-state index >= 15 is 0 Å². The monoisotopic (exact) mass is 380 g/mol. The molecule has 144 valence electrons. The van der Waals surface area contributed by atoms with Crippen molar-refractivity contribution in [3.8, 4) is 0 Å². The van der Waals surface area contributed by atoms with Crippen LogP contribution in [0, 0.1) is 5.82 Å². The van der Waals surface area contributed by atoms with E-state index in [4.69, 9.17) is 0 Å². The van der Waals surface area contributed by atoms with Gasteiger partial charge in [0.05, 0.1) is 11.7 Å². The summed E-state index contributed by atoms with van der Waals surface area (Å²) in [6.07, 6.45) is 1.67. The molecule has 7 heteroatoms. The lowest BCUT2D eigenvalue weighted by molar-refractivity contribution is -0.125. The van der Waals surface area contributed by atoms with E-state index in [1.54, 1.807) is 36.1 Å². The number of amides is 2. The van der Waals surface area contributed by atoms with Crippen LogP contribution < -0.4 is 10.4 Å². The number of hydrogen-bond acceptors (Lipinski definition) is 4. The van der Waals surface area contributed by atoms with Gasteiger partial charge in [-0.15, -0.1) is 0 Å². The molecule has 2 amide bonds. The fraction of sp³-hybridized carbons (Fsp3) is 0.286. The minimum atomic E-state index is -0.660. The van der Waals surface area contributed by atoms with Crippen molar-refractivity contribution in [2.24, 2.45) is 4.99 Å². The number of nitrogens with one attached hydrogen (secondary N) is 1. The molecule has 0 radical (unpaired) electrons. The number of nitrogens with zero attached hydrogens (tertiary/aromatic N) is 3. The molecule has 2 unspecified atom stereocenters. The molecule has 0 saturated carbocycles. The van der Waals surface area contributed by atoms with Crippen molar-refractivity contribution < 1.29 is 14.0 Å². The van der Waals surface area contributed by atoms with Gasteiger partial charge in [0.1, 0.15) is 11.9 Å². The summed E-state index contributed by atoms with van der Waals surface area (Å²) in [7, 11) is 0. The Hall–Kier alpha value is -3.22. The van der Waals surface area contributed by atoms with Crippen LogP contribution in [-0.4, -0.2) is 35.1 Å². The van der Waals surface area contributed by atoms with Crippen LogP contribution in [0.5, 0.6) is 0 Å². The number of benzene rings is 2. The van der Waals surface area contributed by atoms with Crippen molar-refractivity contribution in [2.75, 3.05) is 11.6 Å². The highest BCUT2D eigenvalue weighted by atomic mass is 19.1. The van der Waals surface area contributed by atoms with Crippen molar-refractivity contribution in [3.63, 3.8) is 0 Å². The van der Waals surface area contributed by atoms with Gasteiger partial charge in [0, 0.05) is 6.54 Å². The summed E-state index contributed by atoms with van der Waals surface area (Å²) in [5.74, 6) is -0.639. The van der Waals surface area contributed by atoms with Crippen molar-refractivity contribution >= 4 is 23.3 Å². The van der Waals surface area contributed by atoms with E-state index < -0.39 is 6.04 Å². The summed E-state index contributed by atoms with van der Waals surface area (Å²) >= 11 is 0. The number of anilines is 1. The Bertz CT molecular complexity index is 914. The minimum absolute atomic E-state index is 0.129. The zero-order valence-electron chi connectivity index (χ0n) is 15.5. The summed E-state index contributed by atoms with van der Waals surface area (Å²) in [5.41, 5.74) is 4.44. The average Bonchev–Trinajstić information content (AvgIpc) is 3.20. The third kappa shape index (κ3) is 3.35. The number of likely N-dealkylation sites (tertiary alicyclic amines) is 1. The molecular formula is C21H21FN4O2. The van der Waals surface area contributed by atoms with Crippen LogP contribution in [0.25, 0.3) is 0 Å². The first kappa shape index (κ1) is 18.2. The molecule has 2 heterocycles. The van der Waals surface area contributed by atoms with Gasteiger partial charge in [-0.05, 0) is 49.6 Å². The third-order valence-corrected chi connectivity index (χ3v) is 5.10. The topological polar surface area (TPSA) is 65.0 Å². The first-order valence-corrected chi connectivity index (χ1v) is 9.34. The second kappa shape index (κ2) is 7.42. The summed E-state index contributed by atoms with van der Waals surface area (Å²) in [6.45, 7) is 2.27. The maximum atomic E-state index is 13.3. The van der Waals surface area contributed by atoms with Crippen LogP contribution in [0.4, 0.5) is 10.1 Å². The zero-order chi connectivity index (χ0) is 19.7. The van der Waals surface area contributed by atoms with Gasteiger partial charge in [0.2, 0.25) is 5.84 Å². The Morgan fingerprint density at radius 3 is 2.57 bits per heavy atom. The van der Waals surface area contributed by atoms with Gasteiger partial charge in [-0.2, -0.15) is 0 Å². The maximum Gasteiger partial charge on any atom is 0.291 e. The van der Waals surface area contributed by atoms with Gasteiger partial charge >= 0.3 is 0 Å². The SMILES string of the molecule is CC1N=C(C(=O)N2CCCC2c2ccc(F)cc2)NN(c2ccccc2)C1=O. The highest BCUT2D eigenvalue weighted by Gasteiger charge is 2.37. The van der Waals surface area contributed by atoms with E-state index in [2.05, 4.69) is 10.4 Å². The zero-order valence-corrected chi connectivity index (χ0v) is 15.5. The van der Waals surface area contributed by atoms with Gasteiger partial charge in [-0.1, -0.05) is 30.3 Å². The average molecular weight is 380 g/mol. The number of amidine groups is 1. The molecule has 0 bridgehead atoms. The van der Waals surface area contributed by atoms with Crippen molar-refractivity contribution in [2.45, 2.75) is 31.8 Å². The predicted octanol–water partition coefficient (Wildman–Crippen LogP) is 2.83. The molecule has 0 aromatic heterocycles. The van der Waals surface area contributed by atoms with Crippen LogP contribution in [0.15, 0.2) is 59.6 Å². The second-order valence-corrected chi connectivity index (χ2v) is 6.98. The number of hydrazine groups is 1. The van der Waals surface area contributed by atoms with Gasteiger partial charge in [-0.25, -0.2) is 14.4 Å². The van der Waals surface area contributed by atoms with Crippen LogP contribution in [-0.2, 0) is 9.59 Å². The van der Waals surface area contributed by atoms with Crippen molar-refractivity contribution in [3.05, 3.63) is 66.0 Å². The second-order valence-electron chi connectivity index (χ2n) is 6.98. The molecule has 0 aliphatic carbocycles. The van der Waals surface area contributed by atoms with E-state index in [1.807, 2.05) is 18.2 Å². The Morgan fingerprint density at radius 2 is 1.86 bits per heavy atom. The Morgan fingerprint density at radius 1 is 1.14 bits per heavy atom. The summed E-state index contributed by atoms with van der Waals surface area (Å²) in [6, 6.07) is 14.6. The number of aliphatic imine (C=N–C) groups is 1. The van der Waals surface area contributed by atoms with Crippen LogP contribution in [0.3, 0.4) is 0 Å². The Balaban J connectivity index is 1.59. The number of carbonyl (C=O) groups excluding carboxylic acids is 2. The third-order valence-electron chi connectivity index (χ3n) is 5.10. The fourth-order valence-electron chi connectivity index (χ4n) is 3.67. The summed E-state index contributed by atoms with van der Waals surface area (Å²) < 4.78 is 13.3. The molecule has 2 aromatic carbocycles. The van der Waals surface area contributed by atoms with E-state index in [-0.39, 0.29) is 29.5 Å². The largest absolute Gasteiger partial charge is 0.329 e. The Labute approximate surface area is 162 Å². The van der Waals surface area contributed by atoms with Crippen LogP contribution in [0.1, 0.15) is 31.4 Å². The molecule has 4 rings (SSSR count). The van der Waals surface area contributed by atoms with E-state index in [1.165, 1.54) is 17.1 Å². The predicted molar refractivity (Wildman–Crippen MR) is 104 cm³/mol. The lowest BCUT2D eigenvalue weighted by atomic mass is 10.0. The molecule has 2 aromatic rings. The van der Waals surface area contributed by atoms with E-state index in [0.717, 1.165) is 18.4 Å². The molecule has 6 nitrogen and oxygen atoms in total. The fourth-order valence-corrected chi connectivity index (χ4v) is 3.67. The van der Waals surface area contributed by atoms with Crippen LogP contribution >= 0.6 is 0 Å². The Kier molecular flexibility index (Phi) is 4.81. The maximum absolute atomic E-state index is 13.3. The first-order valence-electron chi connectivity index (χ1n) is 9.34. The highest BCUT2D eigenvalue weighted by molar-refractivity contribution is 6.39. The number of halogens is 1. The minimum Gasteiger partial charge on any atom is -0.329 e. The highest BCUT2D eigenvalue weighted by Crippen LogP contribution is 2.32. The molecule has 1 N–H and O–H groups in total. The van der Waals surface area contributed by atoms with Gasteiger partial charge < -0.3 is 4.90 Å². The number of carbonyl (C=O) groups is 2. The summed E-state index contributed by atoms with van der Waals surface area (Å²) in [5, 5.41) is 1.37. The standard InChI is InChI=1S/C21H21FN4O2/c1-14-20(27)26(17-6-3-2-4-7-17)24-19(23-14)21(28)25-13-5-8-18(25)15-9-11-16(22)12-10-15/h2-4,6-7,9-12,14,18H,5,8,13H2,1H3,(H,23,24). The quantitative estimate of drug-likeness (QED) is 0.891. The molecule has 2 atom stereocenters. The molecule has 28 heavy (non-hydrogen) atoms. The summed E-state index contributed by atoms with van der Waals surface area (Å²) in [4.78, 5) is 31.8. The molecule has 1 saturated heterocycles. The lowest BCUT2D eigenvalue weighted by Gasteiger charge is -2.33. The molecular weight excluding hydrogens is 359 g/mol. The number of rotatable bonds is 3. The van der Waals surface area contributed by atoms with Gasteiger partial charge in [0.25, 0.3) is 11.8 Å². The van der Waals surface area contributed by atoms with E-state index in [0.29, 0.717) is 12.2 Å².